The maximum Gasteiger partial charge on any atom is 0.379 e. The van der Waals surface area contributed by atoms with Gasteiger partial charge in [-0.05, 0) is 13.0 Å². The minimum absolute atomic E-state index is 0.119. The molecule has 5 heteroatoms. The average molecular weight is 299 g/mol. The van der Waals surface area contributed by atoms with Crippen LogP contribution in [0.1, 0.15) is 12.5 Å². The van der Waals surface area contributed by atoms with E-state index >= 15 is 0 Å². The zero-order chi connectivity index (χ0) is 12.8. The number of aliphatic hydroxyl groups is 1. The molecule has 0 atom stereocenters. The van der Waals surface area contributed by atoms with Crippen LogP contribution in [0.15, 0.2) is 34.8 Å². The molecule has 0 saturated carbocycles. The zero-order valence-corrected chi connectivity index (χ0v) is 10.7. The van der Waals surface area contributed by atoms with Crippen molar-refractivity contribution in [3.63, 3.8) is 0 Å². The monoisotopic (exact) mass is 298 g/mol. The Hall–Kier alpha value is -1.62. The minimum atomic E-state index is -0.980. The lowest BCUT2D eigenvalue weighted by Crippen LogP contribution is -2.15. The van der Waals surface area contributed by atoms with Crippen LogP contribution < -0.4 is 0 Å². The summed E-state index contributed by atoms with van der Waals surface area (Å²) in [6.45, 7) is 1.72. The molecule has 0 unspecified atom stereocenters. The molecule has 0 aliphatic rings. The lowest BCUT2D eigenvalue weighted by atomic mass is 10.1. The van der Waals surface area contributed by atoms with E-state index in [1.54, 1.807) is 31.2 Å². The summed E-state index contributed by atoms with van der Waals surface area (Å²) in [5, 5.41) is 9.69. The van der Waals surface area contributed by atoms with E-state index in [2.05, 4.69) is 20.7 Å². The van der Waals surface area contributed by atoms with E-state index in [1.165, 1.54) is 0 Å². The van der Waals surface area contributed by atoms with Gasteiger partial charge in [-0.1, -0.05) is 34.1 Å². The average Bonchev–Trinajstić information content (AvgIpc) is 2.29. The molecule has 17 heavy (non-hydrogen) atoms. The molecule has 0 fully saturated rings. The van der Waals surface area contributed by atoms with E-state index in [0.29, 0.717) is 10.0 Å². The fourth-order valence-corrected chi connectivity index (χ4v) is 1.62. The molecule has 0 radical (unpaired) electrons. The van der Waals surface area contributed by atoms with Gasteiger partial charge in [-0.2, -0.15) is 0 Å². The van der Waals surface area contributed by atoms with E-state index in [-0.39, 0.29) is 12.4 Å². The number of rotatable bonds is 4. The van der Waals surface area contributed by atoms with Crippen molar-refractivity contribution < 1.29 is 19.4 Å². The Morgan fingerprint density at radius 3 is 2.65 bits per heavy atom. The third kappa shape index (κ3) is 3.71. The standard InChI is InChI=1S/C12H11BrO4/c1-2-17-12(16)11(15)7-10(14)8-5-3-4-6-9(8)13/h3-7,14H,2H2,1H3. The first-order valence-corrected chi connectivity index (χ1v) is 5.72. The first kappa shape index (κ1) is 13.4. The topological polar surface area (TPSA) is 63.6 Å². The van der Waals surface area contributed by atoms with Crippen LogP contribution in [0, 0.1) is 0 Å². The predicted molar refractivity (Wildman–Crippen MR) is 66.4 cm³/mol. The van der Waals surface area contributed by atoms with Crippen molar-refractivity contribution in [2.75, 3.05) is 6.61 Å². The molecule has 1 N–H and O–H groups in total. The van der Waals surface area contributed by atoms with E-state index in [4.69, 9.17) is 0 Å². The van der Waals surface area contributed by atoms with Crippen LogP contribution >= 0.6 is 15.9 Å². The lowest BCUT2D eigenvalue weighted by Gasteiger charge is -2.02. The Kier molecular flexibility index (Phi) is 4.90. The van der Waals surface area contributed by atoms with Gasteiger partial charge in [-0.3, -0.25) is 4.79 Å². The molecule has 0 spiro atoms. The number of halogens is 1. The molecule has 0 aliphatic heterocycles. The van der Waals surface area contributed by atoms with Gasteiger partial charge in [0.1, 0.15) is 5.76 Å². The quantitative estimate of drug-likeness (QED) is 0.401. The third-order valence-electron chi connectivity index (χ3n) is 1.89. The summed E-state index contributed by atoms with van der Waals surface area (Å²) < 4.78 is 5.14. The first-order chi connectivity index (χ1) is 8.06. The number of benzene rings is 1. The molecule has 1 aromatic carbocycles. The van der Waals surface area contributed by atoms with E-state index in [9.17, 15) is 14.7 Å². The van der Waals surface area contributed by atoms with Crippen molar-refractivity contribution in [1.29, 1.82) is 0 Å². The van der Waals surface area contributed by atoms with E-state index in [1.807, 2.05) is 0 Å². The summed E-state index contributed by atoms with van der Waals surface area (Å²) in [7, 11) is 0. The van der Waals surface area contributed by atoms with Crippen LogP contribution in [0.3, 0.4) is 0 Å². The van der Waals surface area contributed by atoms with Crippen LogP contribution in [0.4, 0.5) is 0 Å². The van der Waals surface area contributed by atoms with Gasteiger partial charge in [-0.15, -0.1) is 0 Å². The number of ether oxygens (including phenoxy) is 1. The van der Waals surface area contributed by atoms with Crippen LogP contribution in [0.25, 0.3) is 5.76 Å². The van der Waals surface area contributed by atoms with Crippen LogP contribution in [0.2, 0.25) is 0 Å². The third-order valence-corrected chi connectivity index (χ3v) is 2.59. The van der Waals surface area contributed by atoms with Crippen molar-refractivity contribution in [1.82, 2.24) is 0 Å². The number of hydrogen-bond donors (Lipinski definition) is 1. The minimum Gasteiger partial charge on any atom is -0.507 e. The maximum atomic E-state index is 11.3. The Labute approximate surface area is 107 Å². The highest BCUT2D eigenvalue weighted by molar-refractivity contribution is 9.10. The first-order valence-electron chi connectivity index (χ1n) is 4.93. The van der Waals surface area contributed by atoms with Gasteiger partial charge in [0, 0.05) is 16.1 Å². The van der Waals surface area contributed by atoms with Crippen LogP contribution in [0.5, 0.6) is 0 Å². The van der Waals surface area contributed by atoms with E-state index < -0.39 is 11.8 Å². The number of carbonyl (C=O) groups excluding carboxylic acids is 2. The van der Waals surface area contributed by atoms with Gasteiger partial charge in [-0.25, -0.2) is 4.79 Å². The number of aliphatic hydroxyl groups excluding tert-OH is 1. The van der Waals surface area contributed by atoms with Crippen molar-refractivity contribution in [3.8, 4) is 0 Å². The van der Waals surface area contributed by atoms with Crippen LogP contribution in [-0.4, -0.2) is 23.5 Å². The summed E-state index contributed by atoms with van der Waals surface area (Å²) >= 11 is 3.23. The molecule has 4 nitrogen and oxygen atoms in total. The van der Waals surface area contributed by atoms with Crippen molar-refractivity contribution >= 4 is 33.4 Å². The smallest absolute Gasteiger partial charge is 0.379 e. The predicted octanol–water partition coefficient (Wildman–Crippen LogP) is 2.48. The highest BCUT2D eigenvalue weighted by Crippen LogP contribution is 2.22. The second kappa shape index (κ2) is 6.20. The molecule has 0 heterocycles. The van der Waals surface area contributed by atoms with Crippen LogP contribution in [-0.2, 0) is 14.3 Å². The van der Waals surface area contributed by atoms with Gasteiger partial charge in [0.15, 0.2) is 0 Å². The molecular weight excluding hydrogens is 288 g/mol. The second-order valence-corrected chi connectivity index (χ2v) is 3.95. The molecule has 0 aliphatic carbocycles. The Morgan fingerprint density at radius 2 is 2.06 bits per heavy atom. The van der Waals surface area contributed by atoms with E-state index in [0.717, 1.165) is 6.08 Å². The molecule has 1 rings (SSSR count). The van der Waals surface area contributed by atoms with Gasteiger partial charge >= 0.3 is 5.97 Å². The molecule has 0 aromatic heterocycles. The molecule has 0 bridgehead atoms. The largest absolute Gasteiger partial charge is 0.507 e. The normalized spacial score (nSPS) is 11.1. The van der Waals surface area contributed by atoms with Crippen molar-refractivity contribution in [3.05, 3.63) is 40.4 Å². The lowest BCUT2D eigenvalue weighted by molar-refractivity contribution is -0.151. The molecular formula is C12H11BrO4. The summed E-state index contributed by atoms with van der Waals surface area (Å²) in [6, 6.07) is 6.82. The SMILES string of the molecule is CCOC(=O)C(=O)C=C(O)c1ccccc1Br. The Bertz CT molecular complexity index is 465. The zero-order valence-electron chi connectivity index (χ0n) is 9.14. The number of esters is 1. The van der Waals surface area contributed by atoms with Gasteiger partial charge in [0.2, 0.25) is 0 Å². The fraction of sp³-hybridized carbons (Fsp3) is 0.167. The highest BCUT2D eigenvalue weighted by atomic mass is 79.9. The Morgan fingerprint density at radius 1 is 1.41 bits per heavy atom. The molecule has 0 amide bonds. The summed E-state index contributed by atoms with van der Waals surface area (Å²) in [5.74, 6) is -2.15. The second-order valence-electron chi connectivity index (χ2n) is 3.09. The molecule has 1 aromatic rings. The number of hydrogen-bond acceptors (Lipinski definition) is 4. The number of carbonyl (C=O) groups is 2. The van der Waals surface area contributed by atoms with Crippen molar-refractivity contribution in [2.24, 2.45) is 0 Å². The molecule has 90 valence electrons. The summed E-state index contributed by atoms with van der Waals surface area (Å²) in [5.41, 5.74) is 0.435. The van der Waals surface area contributed by atoms with Crippen molar-refractivity contribution in [2.45, 2.75) is 6.92 Å². The van der Waals surface area contributed by atoms with Gasteiger partial charge in [0.25, 0.3) is 5.78 Å². The van der Waals surface area contributed by atoms with Gasteiger partial charge < -0.3 is 9.84 Å². The Balaban J connectivity index is 2.90. The number of ketones is 1. The maximum absolute atomic E-state index is 11.3. The summed E-state index contributed by atoms with van der Waals surface area (Å²) in [4.78, 5) is 22.4. The highest BCUT2D eigenvalue weighted by Gasteiger charge is 2.14. The van der Waals surface area contributed by atoms with Gasteiger partial charge in [0.05, 0.1) is 6.61 Å². The summed E-state index contributed by atoms with van der Waals surface area (Å²) in [6.07, 6.45) is 0.845. The fourth-order valence-electron chi connectivity index (χ4n) is 1.13. The molecule has 0 saturated heterocycles.